The van der Waals surface area contributed by atoms with Crippen LogP contribution >= 0.6 is 0 Å². The van der Waals surface area contributed by atoms with E-state index in [0.717, 1.165) is 32.6 Å². The number of carbonyl (C=O) groups excluding carboxylic acids is 1. The SMILES string of the molecule is CCNC(=O)COc1ccc(-c2cccc(COc3ccc(Cn4oc(=O)[nH]c4=O)cc3)c2)c(C)c1. The fraction of sp³-hybridized carbons (Fsp3) is 0.222. The van der Waals surface area contributed by atoms with E-state index < -0.39 is 11.4 Å². The topological polar surface area (TPSA) is 116 Å². The number of nitrogens with zero attached hydrogens (tertiary/aromatic N) is 1. The summed E-state index contributed by atoms with van der Waals surface area (Å²) in [7, 11) is 0. The number of benzene rings is 3. The van der Waals surface area contributed by atoms with Gasteiger partial charge in [-0.3, -0.25) is 4.79 Å². The summed E-state index contributed by atoms with van der Waals surface area (Å²) >= 11 is 0. The summed E-state index contributed by atoms with van der Waals surface area (Å²) in [5.74, 6) is 0.398. The molecule has 0 aliphatic heterocycles. The molecular formula is C27H27N3O6. The number of aromatic nitrogens is 2. The molecule has 0 atom stereocenters. The van der Waals surface area contributed by atoms with Gasteiger partial charge in [-0.25, -0.2) is 14.6 Å². The van der Waals surface area contributed by atoms with Gasteiger partial charge < -0.3 is 19.3 Å². The number of carbonyl (C=O) groups is 1. The normalized spacial score (nSPS) is 10.7. The Labute approximate surface area is 207 Å². The molecule has 9 heteroatoms. The van der Waals surface area contributed by atoms with Crippen LogP contribution in [0.25, 0.3) is 11.1 Å². The van der Waals surface area contributed by atoms with Crippen LogP contribution < -0.4 is 26.2 Å². The van der Waals surface area contributed by atoms with E-state index in [9.17, 15) is 14.4 Å². The van der Waals surface area contributed by atoms with E-state index in [1.807, 2.05) is 62.4 Å². The predicted octanol–water partition coefficient (Wildman–Crippen LogP) is 3.25. The largest absolute Gasteiger partial charge is 0.489 e. The van der Waals surface area contributed by atoms with Crippen molar-refractivity contribution in [1.29, 1.82) is 0 Å². The molecule has 36 heavy (non-hydrogen) atoms. The number of aromatic amines is 1. The monoisotopic (exact) mass is 489 g/mol. The number of hydrogen-bond acceptors (Lipinski definition) is 6. The van der Waals surface area contributed by atoms with E-state index >= 15 is 0 Å². The van der Waals surface area contributed by atoms with E-state index in [1.54, 1.807) is 12.1 Å². The van der Waals surface area contributed by atoms with Gasteiger partial charge >= 0.3 is 11.4 Å². The van der Waals surface area contributed by atoms with Crippen LogP contribution in [0.15, 0.2) is 80.8 Å². The number of hydrogen-bond donors (Lipinski definition) is 2. The van der Waals surface area contributed by atoms with Crippen LogP contribution in [-0.4, -0.2) is 28.8 Å². The lowest BCUT2D eigenvalue weighted by Gasteiger charge is -2.12. The first-order valence-corrected chi connectivity index (χ1v) is 11.5. The number of ether oxygens (including phenoxy) is 2. The zero-order valence-corrected chi connectivity index (χ0v) is 20.1. The van der Waals surface area contributed by atoms with Gasteiger partial charge in [0.15, 0.2) is 6.61 Å². The first kappa shape index (κ1) is 24.6. The highest BCUT2D eigenvalue weighted by Crippen LogP contribution is 2.28. The molecule has 0 fully saturated rings. The number of rotatable bonds is 10. The van der Waals surface area contributed by atoms with Crippen molar-refractivity contribution in [1.82, 2.24) is 15.0 Å². The van der Waals surface area contributed by atoms with Crippen molar-refractivity contribution in [2.24, 2.45) is 0 Å². The van der Waals surface area contributed by atoms with E-state index in [-0.39, 0.29) is 19.1 Å². The van der Waals surface area contributed by atoms with Gasteiger partial charge in [-0.05, 0) is 72.0 Å². The zero-order valence-electron chi connectivity index (χ0n) is 20.1. The van der Waals surface area contributed by atoms with Crippen LogP contribution in [0.5, 0.6) is 11.5 Å². The Bertz CT molecular complexity index is 1450. The zero-order chi connectivity index (χ0) is 25.5. The van der Waals surface area contributed by atoms with E-state index in [0.29, 0.717) is 24.7 Å². The van der Waals surface area contributed by atoms with Crippen LogP contribution in [0.1, 0.15) is 23.6 Å². The number of H-pyrrole nitrogens is 1. The highest BCUT2D eigenvalue weighted by molar-refractivity contribution is 5.77. The van der Waals surface area contributed by atoms with Gasteiger partial charge in [-0.2, -0.15) is 0 Å². The average molecular weight is 490 g/mol. The van der Waals surface area contributed by atoms with Crippen molar-refractivity contribution in [3.8, 4) is 22.6 Å². The van der Waals surface area contributed by atoms with Crippen molar-refractivity contribution < 1.29 is 18.8 Å². The Kier molecular flexibility index (Phi) is 7.69. The summed E-state index contributed by atoms with van der Waals surface area (Å²) in [6.07, 6.45) is 0. The second-order valence-electron chi connectivity index (χ2n) is 8.20. The van der Waals surface area contributed by atoms with Gasteiger partial charge in [0.25, 0.3) is 5.91 Å². The van der Waals surface area contributed by atoms with Crippen molar-refractivity contribution >= 4 is 5.91 Å². The van der Waals surface area contributed by atoms with Gasteiger partial charge in [0.2, 0.25) is 0 Å². The van der Waals surface area contributed by atoms with Gasteiger partial charge in [0.05, 0.1) is 6.54 Å². The summed E-state index contributed by atoms with van der Waals surface area (Å²) in [6, 6.07) is 21.1. The number of likely N-dealkylation sites (N-methyl/N-ethyl adjacent to an activating group) is 1. The van der Waals surface area contributed by atoms with Crippen LogP contribution in [0, 0.1) is 6.92 Å². The molecule has 186 valence electrons. The molecule has 1 aromatic heterocycles. The second kappa shape index (κ2) is 11.3. The third kappa shape index (κ3) is 6.32. The Hall–Kier alpha value is -4.53. The third-order valence-electron chi connectivity index (χ3n) is 5.46. The minimum Gasteiger partial charge on any atom is -0.489 e. The van der Waals surface area contributed by atoms with Crippen LogP contribution in [0.3, 0.4) is 0 Å². The quantitative estimate of drug-likeness (QED) is 0.353. The van der Waals surface area contributed by atoms with Gasteiger partial charge in [0.1, 0.15) is 18.1 Å². The first-order valence-electron chi connectivity index (χ1n) is 11.5. The molecule has 0 aliphatic carbocycles. The lowest BCUT2D eigenvalue weighted by molar-refractivity contribution is -0.122. The highest BCUT2D eigenvalue weighted by atomic mass is 16.5. The maximum absolute atomic E-state index is 11.6. The molecule has 0 unspecified atom stereocenters. The lowest BCUT2D eigenvalue weighted by atomic mass is 9.99. The third-order valence-corrected chi connectivity index (χ3v) is 5.46. The van der Waals surface area contributed by atoms with Gasteiger partial charge in [-0.15, -0.1) is 4.74 Å². The molecule has 0 saturated heterocycles. The summed E-state index contributed by atoms with van der Waals surface area (Å²) in [5.41, 5.74) is 4.37. The number of aryl methyl sites for hydroxylation is 1. The molecule has 1 heterocycles. The maximum atomic E-state index is 11.6. The predicted molar refractivity (Wildman–Crippen MR) is 134 cm³/mol. The summed E-state index contributed by atoms with van der Waals surface area (Å²) in [6.45, 7) is 4.96. The Balaban J connectivity index is 1.37. The van der Waals surface area contributed by atoms with E-state index in [4.69, 9.17) is 14.0 Å². The minimum atomic E-state index is -0.780. The van der Waals surface area contributed by atoms with Crippen LogP contribution in [0.4, 0.5) is 0 Å². The number of nitrogens with one attached hydrogen (secondary N) is 2. The van der Waals surface area contributed by atoms with Gasteiger partial charge in [-0.1, -0.05) is 36.4 Å². The molecule has 4 aromatic rings. The molecule has 0 bridgehead atoms. The van der Waals surface area contributed by atoms with Crippen molar-refractivity contribution in [3.63, 3.8) is 0 Å². The van der Waals surface area contributed by atoms with Crippen LogP contribution in [-0.2, 0) is 17.9 Å². The summed E-state index contributed by atoms with van der Waals surface area (Å²) in [5, 5.41) is 2.71. The maximum Gasteiger partial charge on any atom is 0.440 e. The molecule has 0 spiro atoms. The Morgan fingerprint density at radius 3 is 2.44 bits per heavy atom. The number of amides is 1. The van der Waals surface area contributed by atoms with Crippen molar-refractivity contribution in [2.45, 2.75) is 27.0 Å². The van der Waals surface area contributed by atoms with Crippen molar-refractivity contribution in [3.05, 3.63) is 104 Å². The molecule has 9 nitrogen and oxygen atoms in total. The summed E-state index contributed by atoms with van der Waals surface area (Å²) in [4.78, 5) is 36.4. The highest BCUT2D eigenvalue weighted by Gasteiger charge is 2.08. The van der Waals surface area contributed by atoms with Crippen LogP contribution in [0.2, 0.25) is 0 Å². The minimum absolute atomic E-state index is 0.0124. The Morgan fingerprint density at radius 1 is 0.972 bits per heavy atom. The smallest absolute Gasteiger partial charge is 0.440 e. The Morgan fingerprint density at radius 2 is 1.75 bits per heavy atom. The molecule has 4 rings (SSSR count). The fourth-order valence-corrected chi connectivity index (χ4v) is 3.72. The average Bonchev–Trinajstić information content (AvgIpc) is 3.19. The molecule has 1 amide bonds. The molecule has 0 aliphatic rings. The van der Waals surface area contributed by atoms with Gasteiger partial charge in [0, 0.05) is 6.54 Å². The molecular weight excluding hydrogens is 462 g/mol. The lowest BCUT2D eigenvalue weighted by Crippen LogP contribution is -2.28. The molecule has 2 N–H and O–H groups in total. The molecule has 0 saturated carbocycles. The summed E-state index contributed by atoms with van der Waals surface area (Å²) < 4.78 is 17.3. The standard InChI is InChI=1S/C27H27N3O6/c1-3-28-25(31)17-35-23-11-12-24(18(2)13-23)21-6-4-5-20(14-21)16-34-22-9-7-19(8-10-22)15-30-26(32)29-27(33)36-30/h4-14H,3,15-17H2,1-2H3,(H,28,31)(H,29,32,33). The second-order valence-corrected chi connectivity index (χ2v) is 8.20. The van der Waals surface area contributed by atoms with E-state index in [2.05, 4.69) is 16.4 Å². The molecule has 0 radical (unpaired) electrons. The first-order chi connectivity index (χ1) is 17.4. The van der Waals surface area contributed by atoms with E-state index in [1.165, 1.54) is 0 Å². The van der Waals surface area contributed by atoms with Crippen molar-refractivity contribution in [2.75, 3.05) is 13.2 Å². The molecule has 3 aromatic carbocycles. The fourth-order valence-electron chi connectivity index (χ4n) is 3.72.